The molecule has 0 aromatic heterocycles. The fourth-order valence-electron chi connectivity index (χ4n) is 2.82. The van der Waals surface area contributed by atoms with E-state index in [-0.39, 0.29) is 29.2 Å². The van der Waals surface area contributed by atoms with Gasteiger partial charge in [-0.1, -0.05) is 13.0 Å². The zero-order chi connectivity index (χ0) is 12.0. The van der Waals surface area contributed by atoms with Crippen LogP contribution in [0.5, 0.6) is 0 Å². The number of carbonyl (C=O) groups is 1. The second kappa shape index (κ2) is 3.81. The molecule has 2 heterocycles. The van der Waals surface area contributed by atoms with Crippen LogP contribution in [-0.2, 0) is 6.42 Å². The van der Waals surface area contributed by atoms with Gasteiger partial charge < -0.3 is 10.6 Å². The van der Waals surface area contributed by atoms with Crippen molar-refractivity contribution in [1.82, 2.24) is 10.6 Å². The zero-order valence-corrected chi connectivity index (χ0v) is 9.72. The Hall–Kier alpha value is -1.42. The van der Waals surface area contributed by atoms with Crippen molar-refractivity contribution in [1.29, 1.82) is 0 Å². The molecule has 1 aromatic rings. The van der Waals surface area contributed by atoms with Gasteiger partial charge in [-0.3, -0.25) is 4.79 Å². The molecule has 0 saturated carbocycles. The average Bonchev–Trinajstić information content (AvgIpc) is 2.76. The Morgan fingerprint density at radius 2 is 2.24 bits per heavy atom. The summed E-state index contributed by atoms with van der Waals surface area (Å²) in [6.07, 6.45) is 0.788. The van der Waals surface area contributed by atoms with Gasteiger partial charge in [-0.05, 0) is 23.6 Å². The quantitative estimate of drug-likeness (QED) is 0.766. The summed E-state index contributed by atoms with van der Waals surface area (Å²) in [6.45, 7) is 3.58. The first-order valence-electron chi connectivity index (χ1n) is 6.04. The van der Waals surface area contributed by atoms with Crippen LogP contribution in [0.2, 0.25) is 0 Å². The second-order valence-corrected chi connectivity index (χ2v) is 4.74. The minimum absolute atomic E-state index is 0.113. The van der Waals surface area contributed by atoms with E-state index >= 15 is 0 Å². The van der Waals surface area contributed by atoms with E-state index < -0.39 is 0 Å². The molecule has 1 saturated heterocycles. The highest BCUT2D eigenvalue weighted by Crippen LogP contribution is 2.32. The lowest BCUT2D eigenvalue weighted by molar-refractivity contribution is 0.0919. The third kappa shape index (κ3) is 1.55. The standard InChI is InChI=1S/C13H15FN2O/c1-2-7-3-8-9-5-15-6-11(9)16-13(17)12(8)10(14)4-7/h3-4,9,11,15H,2,5-6H2,1H3,(H,16,17)/t9-,11+/m0/s1. The van der Waals surface area contributed by atoms with E-state index in [1.165, 1.54) is 6.07 Å². The molecule has 3 nitrogen and oxygen atoms in total. The first-order valence-corrected chi connectivity index (χ1v) is 6.04. The summed E-state index contributed by atoms with van der Waals surface area (Å²) < 4.78 is 13.9. The van der Waals surface area contributed by atoms with Crippen LogP contribution in [0, 0.1) is 5.82 Å². The van der Waals surface area contributed by atoms with E-state index in [4.69, 9.17) is 0 Å². The molecule has 2 aliphatic rings. The van der Waals surface area contributed by atoms with Crippen molar-refractivity contribution in [3.8, 4) is 0 Å². The van der Waals surface area contributed by atoms with Crippen LogP contribution in [0.3, 0.4) is 0 Å². The topological polar surface area (TPSA) is 41.1 Å². The lowest BCUT2D eigenvalue weighted by atomic mass is 9.85. The maximum absolute atomic E-state index is 13.9. The fraction of sp³-hybridized carbons (Fsp3) is 0.462. The van der Waals surface area contributed by atoms with E-state index in [1.54, 1.807) is 0 Å². The van der Waals surface area contributed by atoms with Crippen LogP contribution in [0.4, 0.5) is 4.39 Å². The highest BCUT2D eigenvalue weighted by Gasteiger charge is 2.38. The third-order valence-electron chi connectivity index (χ3n) is 3.75. The van der Waals surface area contributed by atoms with Crippen molar-refractivity contribution in [3.63, 3.8) is 0 Å². The molecular weight excluding hydrogens is 219 g/mol. The number of rotatable bonds is 1. The number of halogens is 1. The lowest BCUT2D eigenvalue weighted by Gasteiger charge is -2.28. The number of amides is 1. The number of hydrogen-bond acceptors (Lipinski definition) is 2. The van der Waals surface area contributed by atoms with Gasteiger partial charge in [0.1, 0.15) is 5.82 Å². The predicted octanol–water partition coefficient (Wildman–Crippen LogP) is 1.19. The Labute approximate surface area is 99.4 Å². The molecule has 2 aliphatic heterocycles. The SMILES string of the molecule is CCc1cc(F)c2c(c1)[C@@H]1CNC[C@H]1NC2=O. The van der Waals surface area contributed by atoms with Gasteiger partial charge in [-0.25, -0.2) is 4.39 Å². The molecule has 1 aromatic carbocycles. The molecule has 0 unspecified atom stereocenters. The van der Waals surface area contributed by atoms with Crippen LogP contribution in [0.1, 0.15) is 34.3 Å². The molecular formula is C13H15FN2O. The number of fused-ring (bicyclic) bond motifs is 3. The number of nitrogens with one attached hydrogen (secondary N) is 2. The van der Waals surface area contributed by atoms with Crippen molar-refractivity contribution in [3.05, 3.63) is 34.6 Å². The number of carbonyl (C=O) groups excluding carboxylic acids is 1. The van der Waals surface area contributed by atoms with Crippen LogP contribution < -0.4 is 10.6 Å². The molecule has 1 amide bonds. The van der Waals surface area contributed by atoms with Gasteiger partial charge in [0.05, 0.1) is 5.56 Å². The van der Waals surface area contributed by atoms with Gasteiger partial charge in [-0.2, -0.15) is 0 Å². The van der Waals surface area contributed by atoms with Crippen molar-refractivity contribution < 1.29 is 9.18 Å². The summed E-state index contributed by atoms with van der Waals surface area (Å²) in [5, 5.41) is 6.12. The Morgan fingerprint density at radius 3 is 3.00 bits per heavy atom. The minimum atomic E-state index is -0.387. The van der Waals surface area contributed by atoms with Gasteiger partial charge in [0.25, 0.3) is 5.91 Å². The van der Waals surface area contributed by atoms with E-state index in [9.17, 15) is 9.18 Å². The van der Waals surface area contributed by atoms with Gasteiger partial charge >= 0.3 is 0 Å². The summed E-state index contributed by atoms with van der Waals surface area (Å²) >= 11 is 0. The molecule has 0 aliphatic carbocycles. The van der Waals surface area contributed by atoms with E-state index in [2.05, 4.69) is 10.6 Å². The molecule has 0 radical (unpaired) electrons. The molecule has 0 spiro atoms. The molecule has 1 fully saturated rings. The molecule has 0 bridgehead atoms. The number of aryl methyl sites for hydroxylation is 1. The Kier molecular flexibility index (Phi) is 2.40. The van der Waals surface area contributed by atoms with E-state index in [1.807, 2.05) is 13.0 Å². The van der Waals surface area contributed by atoms with Crippen molar-refractivity contribution >= 4 is 5.91 Å². The largest absolute Gasteiger partial charge is 0.347 e. The molecule has 2 atom stereocenters. The van der Waals surface area contributed by atoms with E-state index in [0.717, 1.165) is 30.6 Å². The van der Waals surface area contributed by atoms with Crippen LogP contribution in [-0.4, -0.2) is 25.0 Å². The first-order chi connectivity index (χ1) is 8.20. The van der Waals surface area contributed by atoms with Crippen molar-refractivity contribution in [2.75, 3.05) is 13.1 Å². The summed E-state index contributed by atoms with van der Waals surface area (Å²) in [5.74, 6) is -0.448. The highest BCUT2D eigenvalue weighted by atomic mass is 19.1. The number of benzene rings is 1. The summed E-state index contributed by atoms with van der Waals surface area (Å²) in [4.78, 5) is 11.9. The summed E-state index contributed by atoms with van der Waals surface area (Å²) in [5.41, 5.74) is 2.08. The monoisotopic (exact) mass is 234 g/mol. The van der Waals surface area contributed by atoms with Gasteiger partial charge in [0.2, 0.25) is 0 Å². The average molecular weight is 234 g/mol. The molecule has 90 valence electrons. The highest BCUT2D eigenvalue weighted by molar-refractivity contribution is 5.98. The van der Waals surface area contributed by atoms with Gasteiger partial charge in [0.15, 0.2) is 0 Å². The Balaban J connectivity index is 2.17. The zero-order valence-electron chi connectivity index (χ0n) is 9.72. The van der Waals surface area contributed by atoms with Crippen LogP contribution in [0.15, 0.2) is 12.1 Å². The summed E-state index contributed by atoms with van der Waals surface area (Å²) in [7, 11) is 0. The lowest BCUT2D eigenvalue weighted by Crippen LogP contribution is -2.44. The van der Waals surface area contributed by atoms with Crippen molar-refractivity contribution in [2.24, 2.45) is 0 Å². The van der Waals surface area contributed by atoms with Crippen LogP contribution in [0.25, 0.3) is 0 Å². The predicted molar refractivity (Wildman–Crippen MR) is 62.6 cm³/mol. The second-order valence-electron chi connectivity index (χ2n) is 4.74. The maximum atomic E-state index is 13.9. The van der Waals surface area contributed by atoms with Gasteiger partial charge in [-0.15, -0.1) is 0 Å². The minimum Gasteiger partial charge on any atom is -0.347 e. The Morgan fingerprint density at radius 1 is 1.41 bits per heavy atom. The molecule has 3 rings (SSSR count). The molecule has 4 heteroatoms. The van der Waals surface area contributed by atoms with E-state index in [0.29, 0.717) is 0 Å². The molecule has 2 N–H and O–H groups in total. The van der Waals surface area contributed by atoms with Crippen molar-refractivity contribution in [2.45, 2.75) is 25.3 Å². The third-order valence-corrected chi connectivity index (χ3v) is 3.75. The molecule has 17 heavy (non-hydrogen) atoms. The fourth-order valence-corrected chi connectivity index (χ4v) is 2.82. The maximum Gasteiger partial charge on any atom is 0.254 e. The smallest absolute Gasteiger partial charge is 0.254 e. The first kappa shape index (κ1) is 10.7. The number of hydrogen-bond donors (Lipinski definition) is 2. The van der Waals surface area contributed by atoms with Crippen LogP contribution >= 0.6 is 0 Å². The Bertz CT molecular complexity index is 487. The normalized spacial score (nSPS) is 26.4. The van der Waals surface area contributed by atoms with Gasteiger partial charge in [0, 0.05) is 25.0 Å². The summed E-state index contributed by atoms with van der Waals surface area (Å²) in [6, 6.07) is 3.57.